The minimum Gasteiger partial charge on any atom is -0.476 e. The molecule has 8 heteroatoms. The highest BCUT2D eigenvalue weighted by molar-refractivity contribution is 5.86. The number of hydrogen-bond donors (Lipinski definition) is 1. The van der Waals surface area contributed by atoms with Crippen LogP contribution in [0.3, 0.4) is 0 Å². The number of hydrogen-bond acceptors (Lipinski definition) is 4. The maximum Gasteiger partial charge on any atom is 0.417 e. The SMILES string of the molecule is CN(C)c1ccc(C(F)(F)F)c(-c2cc(C(=O)O)no2)c1. The normalized spacial score (nSPS) is 11.5. The van der Waals surface area contributed by atoms with Gasteiger partial charge in [-0.1, -0.05) is 5.16 Å². The number of carbonyl (C=O) groups is 1. The van der Waals surface area contributed by atoms with Crippen molar-refractivity contribution in [2.24, 2.45) is 0 Å². The molecule has 0 saturated carbocycles. The van der Waals surface area contributed by atoms with Gasteiger partial charge in [-0.3, -0.25) is 0 Å². The summed E-state index contributed by atoms with van der Waals surface area (Å²) in [6.45, 7) is 0. The average Bonchev–Trinajstić information content (AvgIpc) is 2.86. The van der Waals surface area contributed by atoms with Crippen LogP contribution in [0, 0.1) is 0 Å². The molecule has 0 fully saturated rings. The Balaban J connectivity index is 2.62. The fourth-order valence-electron chi connectivity index (χ4n) is 1.76. The molecule has 0 aliphatic rings. The largest absolute Gasteiger partial charge is 0.476 e. The molecule has 1 N–H and O–H groups in total. The molecule has 0 saturated heterocycles. The van der Waals surface area contributed by atoms with Crippen molar-refractivity contribution in [1.82, 2.24) is 5.16 Å². The van der Waals surface area contributed by atoms with Gasteiger partial charge in [0.1, 0.15) is 0 Å². The lowest BCUT2D eigenvalue weighted by Crippen LogP contribution is -2.11. The van der Waals surface area contributed by atoms with E-state index in [9.17, 15) is 18.0 Å². The lowest BCUT2D eigenvalue weighted by Gasteiger charge is -2.16. The molecule has 0 aliphatic carbocycles. The van der Waals surface area contributed by atoms with Crippen LogP contribution in [0.2, 0.25) is 0 Å². The fourth-order valence-corrected chi connectivity index (χ4v) is 1.76. The van der Waals surface area contributed by atoms with Crippen molar-refractivity contribution in [3.63, 3.8) is 0 Å². The van der Waals surface area contributed by atoms with E-state index in [0.29, 0.717) is 5.69 Å². The Bertz CT molecular complexity index is 678. The van der Waals surface area contributed by atoms with E-state index in [-0.39, 0.29) is 11.3 Å². The number of aromatic nitrogens is 1. The summed E-state index contributed by atoms with van der Waals surface area (Å²) in [5.74, 6) is -1.62. The molecule has 112 valence electrons. The number of aromatic carboxylic acids is 1. The number of carboxylic acid groups (broad SMARTS) is 1. The maximum absolute atomic E-state index is 13.0. The Morgan fingerprint density at radius 2 is 1.95 bits per heavy atom. The zero-order chi connectivity index (χ0) is 15.8. The molecule has 0 bridgehead atoms. The molecule has 1 aromatic carbocycles. The van der Waals surface area contributed by atoms with E-state index in [4.69, 9.17) is 9.63 Å². The molecule has 21 heavy (non-hydrogen) atoms. The summed E-state index contributed by atoms with van der Waals surface area (Å²) >= 11 is 0. The van der Waals surface area contributed by atoms with E-state index in [0.717, 1.165) is 12.1 Å². The van der Waals surface area contributed by atoms with Gasteiger partial charge in [0, 0.05) is 31.4 Å². The average molecular weight is 300 g/mol. The highest BCUT2D eigenvalue weighted by Crippen LogP contribution is 2.39. The summed E-state index contributed by atoms with van der Waals surface area (Å²) in [7, 11) is 3.35. The summed E-state index contributed by atoms with van der Waals surface area (Å²) < 4.78 is 43.9. The minimum absolute atomic E-state index is 0.247. The number of benzene rings is 1. The Morgan fingerprint density at radius 3 is 2.43 bits per heavy atom. The molecule has 2 aromatic rings. The first-order chi connectivity index (χ1) is 9.70. The van der Waals surface area contributed by atoms with Crippen LogP contribution in [0.15, 0.2) is 28.8 Å². The first kappa shape index (κ1) is 14.9. The Hall–Kier alpha value is -2.51. The van der Waals surface area contributed by atoms with Crippen molar-refractivity contribution in [3.8, 4) is 11.3 Å². The third kappa shape index (κ3) is 2.99. The summed E-state index contributed by atoms with van der Waals surface area (Å²) in [5, 5.41) is 12.0. The van der Waals surface area contributed by atoms with E-state index >= 15 is 0 Å². The van der Waals surface area contributed by atoms with Crippen LogP contribution in [0.25, 0.3) is 11.3 Å². The molecule has 0 atom stereocenters. The van der Waals surface area contributed by atoms with Gasteiger partial charge in [-0.25, -0.2) is 4.79 Å². The maximum atomic E-state index is 13.0. The van der Waals surface area contributed by atoms with Gasteiger partial charge in [0.15, 0.2) is 11.5 Å². The third-order valence-corrected chi connectivity index (χ3v) is 2.82. The van der Waals surface area contributed by atoms with Crippen molar-refractivity contribution in [2.75, 3.05) is 19.0 Å². The molecule has 1 aromatic heterocycles. The second-order valence-corrected chi connectivity index (χ2v) is 4.50. The monoisotopic (exact) mass is 300 g/mol. The Morgan fingerprint density at radius 1 is 1.29 bits per heavy atom. The van der Waals surface area contributed by atoms with E-state index < -0.39 is 23.4 Å². The van der Waals surface area contributed by atoms with Gasteiger partial charge >= 0.3 is 12.1 Å². The predicted octanol–water partition coefficient (Wildman–Crippen LogP) is 3.12. The van der Waals surface area contributed by atoms with Crippen molar-refractivity contribution in [3.05, 3.63) is 35.5 Å². The molecular weight excluding hydrogens is 289 g/mol. The van der Waals surface area contributed by atoms with Crippen molar-refractivity contribution in [2.45, 2.75) is 6.18 Å². The second-order valence-electron chi connectivity index (χ2n) is 4.50. The molecule has 5 nitrogen and oxygen atoms in total. The van der Waals surface area contributed by atoms with Gasteiger partial charge in [-0.05, 0) is 18.2 Å². The second kappa shape index (κ2) is 5.12. The zero-order valence-electron chi connectivity index (χ0n) is 11.1. The first-order valence-electron chi connectivity index (χ1n) is 5.79. The van der Waals surface area contributed by atoms with E-state index in [1.165, 1.54) is 12.1 Å². The van der Waals surface area contributed by atoms with Gasteiger partial charge in [0.05, 0.1) is 5.56 Å². The number of anilines is 1. The van der Waals surface area contributed by atoms with E-state index in [1.807, 2.05) is 0 Å². The smallest absolute Gasteiger partial charge is 0.417 e. The van der Waals surface area contributed by atoms with Gasteiger partial charge in [0.25, 0.3) is 0 Å². The highest BCUT2D eigenvalue weighted by Gasteiger charge is 2.35. The number of rotatable bonds is 3. The van der Waals surface area contributed by atoms with Crippen LogP contribution in [-0.4, -0.2) is 30.3 Å². The fraction of sp³-hybridized carbons (Fsp3) is 0.231. The molecule has 0 amide bonds. The number of halogens is 3. The highest BCUT2D eigenvalue weighted by atomic mass is 19.4. The summed E-state index contributed by atoms with van der Waals surface area (Å²) in [4.78, 5) is 12.4. The Labute approximate surface area is 117 Å². The molecular formula is C13H11F3N2O3. The lowest BCUT2D eigenvalue weighted by atomic mass is 10.0. The van der Waals surface area contributed by atoms with Gasteiger partial charge in [-0.2, -0.15) is 13.2 Å². The van der Waals surface area contributed by atoms with Crippen molar-refractivity contribution >= 4 is 11.7 Å². The van der Waals surface area contributed by atoms with E-state index in [2.05, 4.69) is 5.16 Å². The summed E-state index contributed by atoms with van der Waals surface area (Å²) in [6, 6.07) is 4.48. The van der Waals surface area contributed by atoms with E-state index in [1.54, 1.807) is 19.0 Å². The lowest BCUT2D eigenvalue weighted by molar-refractivity contribution is -0.137. The van der Waals surface area contributed by atoms with Crippen LogP contribution < -0.4 is 4.90 Å². The standard InChI is InChI=1S/C13H11F3N2O3/c1-18(2)7-3-4-9(13(14,15)16)8(5-7)11-6-10(12(19)20)17-21-11/h3-6H,1-2H3,(H,19,20). The molecule has 0 spiro atoms. The van der Waals surface area contributed by atoms with Gasteiger partial charge in [-0.15, -0.1) is 0 Å². The Kier molecular flexibility index (Phi) is 3.63. The van der Waals surface area contributed by atoms with Crippen LogP contribution >= 0.6 is 0 Å². The minimum atomic E-state index is -4.59. The van der Waals surface area contributed by atoms with Crippen LogP contribution in [0.4, 0.5) is 18.9 Å². The quantitative estimate of drug-likeness (QED) is 0.943. The van der Waals surface area contributed by atoms with Gasteiger partial charge in [0.2, 0.25) is 0 Å². The van der Waals surface area contributed by atoms with Crippen molar-refractivity contribution < 1.29 is 27.6 Å². The third-order valence-electron chi connectivity index (χ3n) is 2.82. The van der Waals surface area contributed by atoms with Crippen molar-refractivity contribution in [1.29, 1.82) is 0 Å². The predicted molar refractivity (Wildman–Crippen MR) is 68.2 cm³/mol. The van der Waals surface area contributed by atoms with Gasteiger partial charge < -0.3 is 14.5 Å². The molecule has 0 aliphatic heterocycles. The molecule has 0 unspecified atom stereocenters. The molecule has 2 rings (SSSR count). The molecule has 1 heterocycles. The van der Waals surface area contributed by atoms with Crippen LogP contribution in [0.5, 0.6) is 0 Å². The van der Waals surface area contributed by atoms with Crippen LogP contribution in [0.1, 0.15) is 16.1 Å². The summed E-state index contributed by atoms with van der Waals surface area (Å²) in [6.07, 6.45) is -4.59. The number of nitrogens with zero attached hydrogens (tertiary/aromatic N) is 2. The zero-order valence-corrected chi connectivity index (χ0v) is 11.1. The number of alkyl halides is 3. The summed E-state index contributed by atoms with van der Waals surface area (Å²) in [5.41, 5.74) is -1.10. The topological polar surface area (TPSA) is 66.6 Å². The molecule has 0 radical (unpaired) electrons. The van der Waals surface area contributed by atoms with Crippen LogP contribution in [-0.2, 0) is 6.18 Å². The number of carboxylic acids is 1. The first-order valence-corrected chi connectivity index (χ1v) is 5.79.